The summed E-state index contributed by atoms with van der Waals surface area (Å²) in [5.41, 5.74) is 4.57. The SMILES string of the molecule is C=CC(=O)N1CC[C@@H]2[C@H]1CN2c1c(C#N)c(OC[C@@H]2CCCN2C)nc2c(F)c(-c3cccc4c3CCCC4)ncc12. The van der Waals surface area contributed by atoms with Crippen LogP contribution in [0.25, 0.3) is 22.2 Å². The predicted molar refractivity (Wildman–Crippen MR) is 159 cm³/mol. The third-order valence-electron chi connectivity index (χ3n) is 9.80. The van der Waals surface area contributed by atoms with Crippen molar-refractivity contribution in [1.29, 1.82) is 5.26 Å². The largest absolute Gasteiger partial charge is 0.475 e. The highest BCUT2D eigenvalue weighted by Crippen LogP contribution is 2.45. The maximum Gasteiger partial charge on any atom is 0.246 e. The van der Waals surface area contributed by atoms with Gasteiger partial charge in [0, 0.05) is 36.3 Å². The van der Waals surface area contributed by atoms with Crippen molar-refractivity contribution in [3.63, 3.8) is 0 Å². The van der Waals surface area contributed by atoms with Gasteiger partial charge in [-0.15, -0.1) is 0 Å². The minimum Gasteiger partial charge on any atom is -0.475 e. The number of nitriles is 1. The normalized spacial score (nSPS) is 23.3. The molecule has 0 N–H and O–H groups in total. The monoisotopic (exact) mass is 566 g/mol. The van der Waals surface area contributed by atoms with E-state index in [-0.39, 0.29) is 41.1 Å². The number of hydrogen-bond acceptors (Lipinski definition) is 7. The van der Waals surface area contributed by atoms with E-state index in [4.69, 9.17) is 9.72 Å². The summed E-state index contributed by atoms with van der Waals surface area (Å²) in [4.78, 5) is 28.0. The molecule has 0 radical (unpaired) electrons. The highest BCUT2D eigenvalue weighted by atomic mass is 19.1. The number of rotatable bonds is 6. The number of hydrogen-bond donors (Lipinski definition) is 0. The summed E-state index contributed by atoms with van der Waals surface area (Å²) in [5, 5.41) is 10.9. The van der Waals surface area contributed by atoms with Gasteiger partial charge in [0.2, 0.25) is 11.8 Å². The second kappa shape index (κ2) is 10.7. The van der Waals surface area contributed by atoms with E-state index >= 15 is 4.39 Å². The van der Waals surface area contributed by atoms with Crippen LogP contribution in [0.3, 0.4) is 0 Å². The second-order valence-electron chi connectivity index (χ2n) is 12.0. The van der Waals surface area contributed by atoms with E-state index in [1.54, 1.807) is 6.20 Å². The van der Waals surface area contributed by atoms with Crippen LogP contribution in [0.1, 0.15) is 48.8 Å². The number of carbonyl (C=O) groups is 1. The number of aromatic nitrogens is 2. The summed E-state index contributed by atoms with van der Waals surface area (Å²) in [6.07, 6.45) is 9.97. The zero-order valence-electron chi connectivity index (χ0n) is 24.0. The molecule has 3 fully saturated rings. The van der Waals surface area contributed by atoms with Crippen molar-refractivity contribution in [2.24, 2.45) is 0 Å². The molecule has 216 valence electrons. The predicted octanol–water partition coefficient (Wildman–Crippen LogP) is 4.63. The number of aryl methyl sites for hydroxylation is 1. The Bertz CT molecular complexity index is 1630. The minimum absolute atomic E-state index is 0.0179. The van der Waals surface area contributed by atoms with Crippen LogP contribution in [0.15, 0.2) is 37.1 Å². The molecule has 3 saturated heterocycles. The minimum atomic E-state index is -0.494. The molecule has 9 heteroatoms. The number of likely N-dealkylation sites (tertiary alicyclic amines) is 2. The molecule has 0 bridgehead atoms. The molecule has 42 heavy (non-hydrogen) atoms. The molecule has 7 rings (SSSR count). The van der Waals surface area contributed by atoms with Crippen LogP contribution in [0.4, 0.5) is 10.1 Å². The van der Waals surface area contributed by atoms with Crippen LogP contribution >= 0.6 is 0 Å². The molecule has 0 unspecified atom stereocenters. The maximum absolute atomic E-state index is 16.6. The fourth-order valence-corrected chi connectivity index (χ4v) is 7.48. The summed E-state index contributed by atoms with van der Waals surface area (Å²) in [5.74, 6) is -0.422. The lowest BCUT2D eigenvalue weighted by Gasteiger charge is -2.48. The first-order valence-corrected chi connectivity index (χ1v) is 15.1. The molecule has 8 nitrogen and oxygen atoms in total. The first-order chi connectivity index (χ1) is 20.5. The van der Waals surface area contributed by atoms with Crippen LogP contribution in [0.5, 0.6) is 5.88 Å². The number of ether oxygens (including phenoxy) is 1. The van der Waals surface area contributed by atoms with Gasteiger partial charge in [-0.1, -0.05) is 24.8 Å². The molecule has 3 aromatic rings. The Morgan fingerprint density at radius 1 is 1.21 bits per heavy atom. The van der Waals surface area contributed by atoms with Gasteiger partial charge in [-0.2, -0.15) is 5.26 Å². The quantitative estimate of drug-likeness (QED) is 0.402. The number of anilines is 1. The van der Waals surface area contributed by atoms with Gasteiger partial charge < -0.3 is 19.4 Å². The Balaban J connectivity index is 1.35. The fourth-order valence-electron chi connectivity index (χ4n) is 7.48. The number of pyridine rings is 2. The molecule has 2 aromatic heterocycles. The highest BCUT2D eigenvalue weighted by molar-refractivity contribution is 5.98. The lowest BCUT2D eigenvalue weighted by atomic mass is 9.87. The first kappa shape index (κ1) is 26.8. The Hall–Kier alpha value is -4.03. The molecular formula is C33H35FN6O2. The number of amides is 1. The third-order valence-corrected chi connectivity index (χ3v) is 9.80. The van der Waals surface area contributed by atoms with E-state index < -0.39 is 5.82 Å². The average Bonchev–Trinajstić information content (AvgIpc) is 3.57. The molecule has 1 amide bonds. The van der Waals surface area contributed by atoms with Crippen molar-refractivity contribution in [2.75, 3.05) is 38.2 Å². The molecule has 1 aliphatic carbocycles. The van der Waals surface area contributed by atoms with Crippen LogP contribution in [0, 0.1) is 17.1 Å². The zero-order chi connectivity index (χ0) is 29.0. The molecule has 4 aliphatic rings. The number of fused-ring (bicyclic) bond motifs is 3. The number of nitrogens with zero attached hydrogens (tertiary/aromatic N) is 6. The zero-order valence-corrected chi connectivity index (χ0v) is 24.0. The van der Waals surface area contributed by atoms with E-state index in [2.05, 4.69) is 40.5 Å². The molecule has 0 spiro atoms. The van der Waals surface area contributed by atoms with Crippen LogP contribution in [0.2, 0.25) is 0 Å². The van der Waals surface area contributed by atoms with Crippen LogP contribution < -0.4 is 9.64 Å². The highest BCUT2D eigenvalue weighted by Gasteiger charge is 2.49. The maximum atomic E-state index is 16.6. The van der Waals surface area contributed by atoms with E-state index in [0.717, 1.165) is 62.6 Å². The Labute approximate surface area is 245 Å². The van der Waals surface area contributed by atoms with Crippen molar-refractivity contribution in [3.05, 3.63) is 59.6 Å². The molecule has 3 aliphatic heterocycles. The summed E-state index contributed by atoms with van der Waals surface area (Å²) in [7, 11) is 2.07. The van der Waals surface area contributed by atoms with E-state index in [1.165, 1.54) is 11.6 Å². The summed E-state index contributed by atoms with van der Waals surface area (Å²) in [6.45, 7) is 6.18. The van der Waals surface area contributed by atoms with Crippen molar-refractivity contribution in [2.45, 2.75) is 63.1 Å². The van der Waals surface area contributed by atoms with Crippen LogP contribution in [-0.4, -0.2) is 77.1 Å². The van der Waals surface area contributed by atoms with Gasteiger partial charge in [-0.25, -0.2) is 9.37 Å². The van der Waals surface area contributed by atoms with E-state index in [1.807, 2.05) is 17.0 Å². The van der Waals surface area contributed by atoms with Gasteiger partial charge in [0.1, 0.15) is 29.5 Å². The van der Waals surface area contributed by atoms with Crippen LogP contribution in [-0.2, 0) is 17.6 Å². The standard InChI is InChI=1S/C33H35FN6O2/c1-3-28(41)39-15-13-26-27(39)18-40(26)32-24(16-35)33(42-19-21-10-7-14-38(21)2)37-31-25(32)17-36-30(29(31)34)23-12-6-9-20-8-4-5-11-22(20)23/h3,6,9,12,17,21,26-27H,1,4-5,7-8,10-11,13-15,18-19H2,2H3/t21-,26+,27+/m0/s1. The number of likely N-dealkylation sites (N-methyl/N-ethyl adjacent to an activating group) is 1. The van der Waals surface area contributed by atoms with Crippen molar-refractivity contribution in [3.8, 4) is 23.2 Å². The molecule has 5 heterocycles. The first-order valence-electron chi connectivity index (χ1n) is 15.1. The second-order valence-corrected chi connectivity index (χ2v) is 12.0. The lowest BCUT2D eigenvalue weighted by molar-refractivity contribution is -0.127. The fraction of sp³-hybridized carbons (Fsp3) is 0.455. The lowest BCUT2D eigenvalue weighted by Crippen LogP contribution is -2.63. The van der Waals surface area contributed by atoms with Crippen molar-refractivity contribution < 1.29 is 13.9 Å². The Kier molecular flexibility index (Phi) is 6.82. The third kappa shape index (κ3) is 4.23. The van der Waals surface area contributed by atoms with Gasteiger partial charge in [0.05, 0.1) is 17.8 Å². The summed E-state index contributed by atoms with van der Waals surface area (Å²) >= 11 is 0. The number of halogens is 1. The average molecular weight is 567 g/mol. The molecule has 3 atom stereocenters. The molecular weight excluding hydrogens is 531 g/mol. The number of benzene rings is 1. The smallest absolute Gasteiger partial charge is 0.246 e. The topological polar surface area (TPSA) is 85.6 Å². The van der Waals surface area contributed by atoms with E-state index in [9.17, 15) is 10.1 Å². The van der Waals surface area contributed by atoms with Crippen molar-refractivity contribution >= 4 is 22.5 Å². The summed E-state index contributed by atoms with van der Waals surface area (Å²) in [6, 6.07) is 8.64. The van der Waals surface area contributed by atoms with Gasteiger partial charge in [-0.3, -0.25) is 9.78 Å². The Morgan fingerprint density at radius 3 is 2.86 bits per heavy atom. The summed E-state index contributed by atoms with van der Waals surface area (Å²) < 4.78 is 22.9. The molecule has 0 saturated carbocycles. The van der Waals surface area contributed by atoms with Gasteiger partial charge in [-0.05, 0) is 75.7 Å². The van der Waals surface area contributed by atoms with E-state index in [0.29, 0.717) is 36.3 Å². The van der Waals surface area contributed by atoms with Gasteiger partial charge in [0.15, 0.2) is 5.82 Å². The van der Waals surface area contributed by atoms with Gasteiger partial charge >= 0.3 is 0 Å². The number of carbonyl (C=O) groups excluding carboxylic acids is 1. The van der Waals surface area contributed by atoms with Crippen molar-refractivity contribution in [1.82, 2.24) is 19.8 Å². The molecule has 1 aromatic carbocycles. The Morgan fingerprint density at radius 2 is 2.07 bits per heavy atom. The van der Waals surface area contributed by atoms with Gasteiger partial charge in [0.25, 0.3) is 0 Å².